The number of carbonyl (C=O) groups is 3. The molecule has 2 N–H and O–H groups in total. The number of ether oxygens (including phenoxy) is 3. The summed E-state index contributed by atoms with van der Waals surface area (Å²) in [6.45, 7) is -0.831. The Morgan fingerprint density at radius 2 is 1.70 bits per heavy atom. The highest BCUT2D eigenvalue weighted by Crippen LogP contribution is 2.28. The quantitative estimate of drug-likeness (QED) is 0.683. The van der Waals surface area contributed by atoms with Crippen LogP contribution in [0.3, 0.4) is 0 Å². The zero-order valence-electron chi connectivity index (χ0n) is 15.0. The average molecular weight is 372 g/mol. The minimum Gasteiger partial charge on any atom is -0.497 e. The Balaban J connectivity index is 1.78. The first-order valence-electron chi connectivity index (χ1n) is 8.04. The lowest BCUT2D eigenvalue weighted by Gasteiger charge is -2.12. The summed E-state index contributed by atoms with van der Waals surface area (Å²) < 4.78 is 15.1. The first-order chi connectivity index (χ1) is 13.0. The van der Waals surface area contributed by atoms with Crippen molar-refractivity contribution < 1.29 is 28.6 Å². The molecule has 0 aliphatic rings. The Bertz CT molecular complexity index is 807. The lowest BCUT2D eigenvalue weighted by Crippen LogP contribution is -2.32. The van der Waals surface area contributed by atoms with E-state index in [-0.39, 0.29) is 6.54 Å². The SMILES string of the molecule is COc1ccc(NC(=O)COC(=O)CNC(=O)c2ccccc2)c(OC)c1. The van der Waals surface area contributed by atoms with Gasteiger partial charge in [-0.25, -0.2) is 0 Å². The monoisotopic (exact) mass is 372 g/mol. The smallest absolute Gasteiger partial charge is 0.325 e. The van der Waals surface area contributed by atoms with Crippen LogP contribution in [0.25, 0.3) is 0 Å². The second-order valence-electron chi connectivity index (χ2n) is 5.32. The van der Waals surface area contributed by atoms with E-state index in [9.17, 15) is 14.4 Å². The second-order valence-corrected chi connectivity index (χ2v) is 5.32. The van der Waals surface area contributed by atoms with E-state index < -0.39 is 24.4 Å². The van der Waals surface area contributed by atoms with Gasteiger partial charge in [0.05, 0.1) is 19.9 Å². The molecule has 0 atom stereocenters. The van der Waals surface area contributed by atoms with Crippen LogP contribution in [-0.4, -0.2) is 45.2 Å². The summed E-state index contributed by atoms with van der Waals surface area (Å²) in [6, 6.07) is 13.3. The minimum atomic E-state index is -0.726. The van der Waals surface area contributed by atoms with Crippen LogP contribution in [0.5, 0.6) is 11.5 Å². The molecule has 0 radical (unpaired) electrons. The van der Waals surface area contributed by atoms with Gasteiger partial charge in [0.15, 0.2) is 6.61 Å². The van der Waals surface area contributed by atoms with Gasteiger partial charge in [0.25, 0.3) is 11.8 Å². The predicted octanol–water partition coefficient (Wildman–Crippen LogP) is 1.62. The number of hydrogen-bond donors (Lipinski definition) is 2. The van der Waals surface area contributed by atoms with Gasteiger partial charge >= 0.3 is 5.97 Å². The molecule has 0 fully saturated rings. The van der Waals surface area contributed by atoms with Crippen LogP contribution >= 0.6 is 0 Å². The average Bonchev–Trinajstić information content (AvgIpc) is 2.71. The van der Waals surface area contributed by atoms with Crippen LogP contribution in [0.4, 0.5) is 5.69 Å². The molecule has 0 aliphatic carbocycles. The number of carbonyl (C=O) groups excluding carboxylic acids is 3. The molecule has 0 saturated carbocycles. The summed E-state index contributed by atoms with van der Waals surface area (Å²) in [7, 11) is 2.98. The Morgan fingerprint density at radius 1 is 0.963 bits per heavy atom. The number of hydrogen-bond acceptors (Lipinski definition) is 6. The van der Waals surface area contributed by atoms with Gasteiger partial charge in [0, 0.05) is 11.6 Å². The lowest BCUT2D eigenvalue weighted by molar-refractivity contribution is -0.146. The fraction of sp³-hybridized carbons (Fsp3) is 0.211. The standard InChI is InChI=1S/C19H20N2O6/c1-25-14-8-9-15(16(10-14)26-2)21-17(22)12-27-18(23)11-20-19(24)13-6-4-3-5-7-13/h3-10H,11-12H2,1-2H3,(H,20,24)(H,21,22). The maximum Gasteiger partial charge on any atom is 0.325 e. The van der Waals surface area contributed by atoms with E-state index in [2.05, 4.69) is 10.6 Å². The largest absolute Gasteiger partial charge is 0.497 e. The molecule has 8 heteroatoms. The topological polar surface area (TPSA) is 103 Å². The fourth-order valence-corrected chi connectivity index (χ4v) is 2.13. The predicted molar refractivity (Wildman–Crippen MR) is 97.9 cm³/mol. The van der Waals surface area contributed by atoms with E-state index in [1.54, 1.807) is 48.5 Å². The van der Waals surface area contributed by atoms with E-state index in [1.807, 2.05) is 0 Å². The number of rotatable bonds is 8. The maximum absolute atomic E-state index is 11.9. The van der Waals surface area contributed by atoms with Gasteiger partial charge in [0.2, 0.25) is 0 Å². The van der Waals surface area contributed by atoms with Gasteiger partial charge in [-0.1, -0.05) is 18.2 Å². The molecule has 0 heterocycles. The van der Waals surface area contributed by atoms with Crippen LogP contribution in [0.15, 0.2) is 48.5 Å². The van der Waals surface area contributed by atoms with Crippen molar-refractivity contribution in [3.8, 4) is 11.5 Å². The van der Waals surface area contributed by atoms with Crippen molar-refractivity contribution in [2.75, 3.05) is 32.7 Å². The van der Waals surface area contributed by atoms with Crippen LogP contribution in [0.1, 0.15) is 10.4 Å². The molecule has 2 amide bonds. The molecule has 0 unspecified atom stereocenters. The van der Waals surface area contributed by atoms with E-state index in [1.165, 1.54) is 14.2 Å². The Kier molecular flexibility index (Phi) is 7.18. The van der Waals surface area contributed by atoms with E-state index in [0.29, 0.717) is 22.7 Å². The number of esters is 1. The third kappa shape index (κ3) is 6.03. The molecule has 2 aromatic rings. The molecule has 0 bridgehead atoms. The number of nitrogens with one attached hydrogen (secondary N) is 2. The van der Waals surface area contributed by atoms with E-state index in [0.717, 1.165) is 0 Å². The minimum absolute atomic E-state index is 0.340. The first kappa shape index (κ1) is 19.8. The van der Waals surface area contributed by atoms with Gasteiger partial charge < -0.3 is 24.8 Å². The molecule has 27 heavy (non-hydrogen) atoms. The molecule has 8 nitrogen and oxygen atoms in total. The van der Waals surface area contributed by atoms with Crippen molar-refractivity contribution in [3.05, 3.63) is 54.1 Å². The summed E-state index contributed by atoms with van der Waals surface area (Å²) in [5, 5.41) is 5.00. The van der Waals surface area contributed by atoms with Gasteiger partial charge in [-0.15, -0.1) is 0 Å². The Morgan fingerprint density at radius 3 is 2.37 bits per heavy atom. The summed E-state index contributed by atoms with van der Waals surface area (Å²) in [5.74, 6) is -0.688. The van der Waals surface area contributed by atoms with Crippen molar-refractivity contribution in [1.82, 2.24) is 5.32 Å². The number of benzene rings is 2. The van der Waals surface area contributed by atoms with Gasteiger partial charge in [-0.2, -0.15) is 0 Å². The summed E-state index contributed by atoms with van der Waals surface area (Å²) in [5.41, 5.74) is 0.839. The molecule has 2 aromatic carbocycles. The number of methoxy groups -OCH3 is 2. The van der Waals surface area contributed by atoms with Gasteiger partial charge in [-0.05, 0) is 24.3 Å². The maximum atomic E-state index is 11.9. The molecule has 142 valence electrons. The van der Waals surface area contributed by atoms with Crippen LogP contribution in [0.2, 0.25) is 0 Å². The molecule has 0 aliphatic heterocycles. The molecule has 0 aromatic heterocycles. The van der Waals surface area contributed by atoms with Crippen molar-refractivity contribution in [3.63, 3.8) is 0 Å². The Hall–Kier alpha value is -3.55. The Labute approximate surface area is 156 Å². The highest BCUT2D eigenvalue weighted by molar-refractivity contribution is 5.97. The molecular weight excluding hydrogens is 352 g/mol. The second kappa shape index (κ2) is 9.81. The van der Waals surface area contributed by atoms with Crippen LogP contribution in [-0.2, 0) is 14.3 Å². The summed E-state index contributed by atoms with van der Waals surface area (Å²) in [6.07, 6.45) is 0. The van der Waals surface area contributed by atoms with Gasteiger partial charge in [0.1, 0.15) is 18.0 Å². The zero-order chi connectivity index (χ0) is 19.6. The van der Waals surface area contributed by atoms with Crippen molar-refractivity contribution >= 4 is 23.5 Å². The van der Waals surface area contributed by atoms with Crippen LogP contribution < -0.4 is 20.1 Å². The van der Waals surface area contributed by atoms with Crippen molar-refractivity contribution in [2.45, 2.75) is 0 Å². The molecule has 0 saturated heterocycles. The molecular formula is C19H20N2O6. The third-order valence-corrected chi connectivity index (χ3v) is 3.48. The molecule has 2 rings (SSSR count). The number of amides is 2. The fourth-order valence-electron chi connectivity index (χ4n) is 2.13. The normalized spacial score (nSPS) is 9.85. The summed E-state index contributed by atoms with van der Waals surface area (Å²) in [4.78, 5) is 35.4. The van der Waals surface area contributed by atoms with Crippen LogP contribution in [0, 0.1) is 0 Å². The van der Waals surface area contributed by atoms with E-state index >= 15 is 0 Å². The zero-order valence-corrected chi connectivity index (χ0v) is 15.0. The first-order valence-corrected chi connectivity index (χ1v) is 8.04. The lowest BCUT2D eigenvalue weighted by atomic mass is 10.2. The highest BCUT2D eigenvalue weighted by atomic mass is 16.5. The third-order valence-electron chi connectivity index (χ3n) is 3.48. The molecule has 0 spiro atoms. The van der Waals surface area contributed by atoms with Crippen molar-refractivity contribution in [2.24, 2.45) is 0 Å². The van der Waals surface area contributed by atoms with E-state index in [4.69, 9.17) is 14.2 Å². The van der Waals surface area contributed by atoms with Gasteiger partial charge in [-0.3, -0.25) is 14.4 Å². The van der Waals surface area contributed by atoms with Crippen molar-refractivity contribution in [1.29, 1.82) is 0 Å². The summed E-state index contributed by atoms with van der Waals surface area (Å²) >= 11 is 0. The highest BCUT2D eigenvalue weighted by Gasteiger charge is 2.12. The number of anilines is 1.